The Balaban J connectivity index is 1.74. The van der Waals surface area contributed by atoms with Crippen LogP contribution in [0.15, 0.2) is 34.7 Å². The van der Waals surface area contributed by atoms with Gasteiger partial charge in [0, 0.05) is 19.0 Å². The number of carboxylic acid groups (broad SMARTS) is 1. The minimum atomic E-state index is -1.16. The molecule has 7 nitrogen and oxygen atoms in total. The standard InChI is InChI=1S/C18H17ClN2O5/c1-2-14-10(18(24)25)9-15(26-14)16(22)20-12-7-8-21(17(12)23)13-6-4-3-5-11(13)19/h3-6,9,12H,2,7-8H2,1H3,(H,20,22)(H,24,25). The quantitative estimate of drug-likeness (QED) is 0.835. The van der Waals surface area contributed by atoms with Crippen LogP contribution in [0.5, 0.6) is 0 Å². The molecule has 136 valence electrons. The molecule has 1 unspecified atom stereocenters. The summed E-state index contributed by atoms with van der Waals surface area (Å²) in [5.74, 6) is -1.95. The molecule has 2 N–H and O–H groups in total. The fourth-order valence-corrected chi connectivity index (χ4v) is 3.18. The molecule has 0 spiro atoms. The van der Waals surface area contributed by atoms with E-state index in [1.165, 1.54) is 11.0 Å². The first-order chi connectivity index (χ1) is 12.4. The van der Waals surface area contributed by atoms with E-state index in [-0.39, 0.29) is 23.0 Å². The van der Waals surface area contributed by atoms with Crippen molar-refractivity contribution in [1.29, 1.82) is 0 Å². The van der Waals surface area contributed by atoms with E-state index in [0.29, 0.717) is 30.1 Å². The molecule has 26 heavy (non-hydrogen) atoms. The van der Waals surface area contributed by atoms with E-state index in [1.54, 1.807) is 31.2 Å². The molecule has 0 bridgehead atoms. The number of carbonyl (C=O) groups excluding carboxylic acids is 2. The molecule has 1 atom stereocenters. The number of carbonyl (C=O) groups is 3. The number of furan rings is 1. The van der Waals surface area contributed by atoms with Crippen LogP contribution in [0.2, 0.25) is 5.02 Å². The summed E-state index contributed by atoms with van der Waals surface area (Å²) in [5, 5.41) is 12.2. The van der Waals surface area contributed by atoms with Crippen LogP contribution in [0.1, 0.15) is 40.0 Å². The number of benzene rings is 1. The Morgan fingerprint density at radius 2 is 2.12 bits per heavy atom. The maximum absolute atomic E-state index is 12.6. The van der Waals surface area contributed by atoms with Gasteiger partial charge < -0.3 is 19.7 Å². The van der Waals surface area contributed by atoms with Crippen molar-refractivity contribution < 1.29 is 23.9 Å². The lowest BCUT2D eigenvalue weighted by Crippen LogP contribution is -2.41. The number of anilines is 1. The van der Waals surface area contributed by atoms with Crippen molar-refractivity contribution >= 4 is 35.1 Å². The van der Waals surface area contributed by atoms with Crippen LogP contribution < -0.4 is 10.2 Å². The first-order valence-electron chi connectivity index (χ1n) is 8.15. The summed E-state index contributed by atoms with van der Waals surface area (Å²) in [6, 6.07) is 7.45. The van der Waals surface area contributed by atoms with Crippen LogP contribution in [0.3, 0.4) is 0 Å². The predicted molar refractivity (Wildman–Crippen MR) is 94.7 cm³/mol. The molecule has 3 rings (SSSR count). The first-order valence-corrected chi connectivity index (χ1v) is 8.53. The second-order valence-corrected chi connectivity index (χ2v) is 6.27. The van der Waals surface area contributed by atoms with Crippen LogP contribution in [0.4, 0.5) is 5.69 Å². The van der Waals surface area contributed by atoms with Crippen molar-refractivity contribution in [2.45, 2.75) is 25.8 Å². The maximum Gasteiger partial charge on any atom is 0.339 e. The molecule has 1 aromatic heterocycles. The summed E-state index contributed by atoms with van der Waals surface area (Å²) in [6.45, 7) is 2.15. The van der Waals surface area contributed by atoms with Gasteiger partial charge in [0.2, 0.25) is 5.91 Å². The lowest BCUT2D eigenvalue weighted by molar-refractivity contribution is -0.118. The number of carboxylic acids is 1. The number of aromatic carboxylic acids is 1. The maximum atomic E-state index is 12.6. The largest absolute Gasteiger partial charge is 0.478 e. The number of rotatable bonds is 5. The topological polar surface area (TPSA) is 99.9 Å². The monoisotopic (exact) mass is 376 g/mol. The molecule has 1 aliphatic rings. The van der Waals surface area contributed by atoms with Gasteiger partial charge in [0.05, 0.1) is 10.7 Å². The molecule has 0 saturated carbocycles. The van der Waals surface area contributed by atoms with E-state index in [1.807, 2.05) is 0 Å². The third kappa shape index (κ3) is 3.30. The van der Waals surface area contributed by atoms with E-state index in [9.17, 15) is 14.4 Å². The van der Waals surface area contributed by atoms with Crippen LogP contribution in [-0.4, -0.2) is 35.5 Å². The Bertz CT molecular complexity index is 876. The zero-order valence-electron chi connectivity index (χ0n) is 14.0. The molecule has 2 heterocycles. The van der Waals surface area contributed by atoms with Gasteiger partial charge in [-0.3, -0.25) is 9.59 Å². The molecular formula is C18H17ClN2O5. The molecule has 1 fully saturated rings. The van der Waals surface area contributed by atoms with Gasteiger partial charge in [0.25, 0.3) is 5.91 Å². The van der Waals surface area contributed by atoms with Gasteiger partial charge >= 0.3 is 5.97 Å². The molecule has 1 aromatic carbocycles. The second kappa shape index (κ2) is 7.21. The lowest BCUT2D eigenvalue weighted by Gasteiger charge is -2.18. The number of nitrogens with one attached hydrogen (secondary N) is 1. The van der Waals surface area contributed by atoms with Crippen molar-refractivity contribution in [3.05, 3.63) is 52.4 Å². The highest BCUT2D eigenvalue weighted by molar-refractivity contribution is 6.34. The van der Waals surface area contributed by atoms with Gasteiger partial charge in [-0.05, 0) is 18.6 Å². The highest BCUT2D eigenvalue weighted by Crippen LogP contribution is 2.29. The van der Waals surface area contributed by atoms with Gasteiger partial charge in [-0.1, -0.05) is 30.7 Å². The van der Waals surface area contributed by atoms with Crippen LogP contribution in [-0.2, 0) is 11.2 Å². The molecule has 2 amide bonds. The SMILES string of the molecule is CCc1oc(C(=O)NC2CCN(c3ccccc3Cl)C2=O)cc1C(=O)O. The third-order valence-corrected chi connectivity index (χ3v) is 4.56. The molecule has 0 radical (unpaired) electrons. The highest BCUT2D eigenvalue weighted by atomic mass is 35.5. The zero-order chi connectivity index (χ0) is 18.8. The number of nitrogens with zero attached hydrogens (tertiary/aromatic N) is 1. The molecule has 8 heteroatoms. The van der Waals surface area contributed by atoms with E-state index >= 15 is 0 Å². The molecular weight excluding hydrogens is 360 g/mol. The Morgan fingerprint density at radius 1 is 1.38 bits per heavy atom. The Labute approximate surface area is 154 Å². The fraction of sp³-hybridized carbons (Fsp3) is 0.278. The zero-order valence-corrected chi connectivity index (χ0v) is 14.7. The van der Waals surface area contributed by atoms with E-state index < -0.39 is 17.9 Å². The summed E-state index contributed by atoms with van der Waals surface area (Å²) in [5.41, 5.74) is 0.545. The summed E-state index contributed by atoms with van der Waals surface area (Å²) in [7, 11) is 0. The van der Waals surface area contributed by atoms with E-state index in [4.69, 9.17) is 21.1 Å². The van der Waals surface area contributed by atoms with Crippen LogP contribution in [0.25, 0.3) is 0 Å². The lowest BCUT2D eigenvalue weighted by atomic mass is 10.2. The van der Waals surface area contributed by atoms with Gasteiger partial charge in [-0.25, -0.2) is 4.79 Å². The third-order valence-electron chi connectivity index (χ3n) is 4.24. The van der Waals surface area contributed by atoms with Crippen molar-refractivity contribution in [3.63, 3.8) is 0 Å². The Morgan fingerprint density at radius 3 is 2.73 bits per heavy atom. The summed E-state index contributed by atoms with van der Waals surface area (Å²) in [4.78, 5) is 37.7. The van der Waals surface area contributed by atoms with Crippen molar-refractivity contribution in [2.24, 2.45) is 0 Å². The minimum Gasteiger partial charge on any atom is -0.478 e. The van der Waals surface area contributed by atoms with Gasteiger partial charge in [-0.2, -0.15) is 0 Å². The number of hydrogen-bond acceptors (Lipinski definition) is 4. The molecule has 2 aromatic rings. The summed E-state index contributed by atoms with van der Waals surface area (Å²) in [6.07, 6.45) is 0.764. The van der Waals surface area contributed by atoms with E-state index in [2.05, 4.69) is 5.32 Å². The number of hydrogen-bond donors (Lipinski definition) is 2. The van der Waals surface area contributed by atoms with Crippen LogP contribution >= 0.6 is 11.6 Å². The fourth-order valence-electron chi connectivity index (χ4n) is 2.94. The average molecular weight is 377 g/mol. The van der Waals surface area contributed by atoms with Crippen molar-refractivity contribution in [3.8, 4) is 0 Å². The molecule has 1 saturated heterocycles. The number of halogens is 1. The summed E-state index contributed by atoms with van der Waals surface area (Å²) >= 11 is 6.13. The number of amides is 2. The summed E-state index contributed by atoms with van der Waals surface area (Å²) < 4.78 is 5.32. The van der Waals surface area contributed by atoms with Crippen molar-refractivity contribution in [2.75, 3.05) is 11.4 Å². The molecule has 1 aliphatic heterocycles. The highest BCUT2D eigenvalue weighted by Gasteiger charge is 2.35. The second-order valence-electron chi connectivity index (χ2n) is 5.86. The van der Waals surface area contributed by atoms with Gasteiger partial charge in [0.15, 0.2) is 5.76 Å². The predicted octanol–water partition coefficient (Wildman–Crippen LogP) is 2.73. The van der Waals surface area contributed by atoms with E-state index in [0.717, 1.165) is 0 Å². The average Bonchev–Trinajstić information content (AvgIpc) is 3.20. The smallest absolute Gasteiger partial charge is 0.339 e. The Hall–Kier alpha value is -2.80. The normalized spacial score (nSPS) is 16.8. The first kappa shape index (κ1) is 18.0. The molecule has 0 aliphatic carbocycles. The Kier molecular flexibility index (Phi) is 4.99. The number of aryl methyl sites for hydroxylation is 1. The minimum absolute atomic E-state index is 0.0481. The van der Waals surface area contributed by atoms with Crippen LogP contribution in [0, 0.1) is 0 Å². The number of para-hydroxylation sites is 1. The van der Waals surface area contributed by atoms with Gasteiger partial charge in [0.1, 0.15) is 17.4 Å². The van der Waals surface area contributed by atoms with Gasteiger partial charge in [-0.15, -0.1) is 0 Å². The van der Waals surface area contributed by atoms with Crippen molar-refractivity contribution in [1.82, 2.24) is 5.32 Å².